The van der Waals surface area contributed by atoms with Crippen LogP contribution in [-0.4, -0.2) is 18.4 Å². The Morgan fingerprint density at radius 1 is 1.27 bits per heavy atom. The van der Waals surface area contributed by atoms with Gasteiger partial charge in [0.25, 0.3) is 0 Å². The summed E-state index contributed by atoms with van der Waals surface area (Å²) in [6, 6.07) is 0. The number of rotatable bonds is 2. The van der Waals surface area contributed by atoms with Crippen molar-refractivity contribution in [1.82, 2.24) is 0 Å². The Kier molecular flexibility index (Phi) is 1.91. The van der Waals surface area contributed by atoms with Crippen LogP contribution in [0.4, 0.5) is 0 Å². The first-order valence-corrected chi connectivity index (χ1v) is 5.83. The van der Waals surface area contributed by atoms with Crippen LogP contribution in [-0.2, 0) is 14.3 Å². The molecule has 0 aromatic heterocycles. The Balaban J connectivity index is 1.63. The van der Waals surface area contributed by atoms with E-state index in [-0.39, 0.29) is 12.1 Å². The van der Waals surface area contributed by atoms with Crippen molar-refractivity contribution in [3.05, 3.63) is 0 Å². The molecule has 3 nitrogen and oxygen atoms in total. The van der Waals surface area contributed by atoms with E-state index in [4.69, 9.17) is 4.74 Å². The minimum atomic E-state index is -0.167. The quantitative estimate of drug-likeness (QED) is 0.509. The SMILES string of the molecule is CC(=O)OC1CC2CC3C(C=O)C3C2C1. The van der Waals surface area contributed by atoms with Gasteiger partial charge in [-0.2, -0.15) is 0 Å². The molecule has 3 aliphatic carbocycles. The van der Waals surface area contributed by atoms with Gasteiger partial charge in [0.1, 0.15) is 12.4 Å². The Bertz CT molecular complexity index is 312. The van der Waals surface area contributed by atoms with Crippen LogP contribution in [0.3, 0.4) is 0 Å². The van der Waals surface area contributed by atoms with Gasteiger partial charge in [-0.05, 0) is 42.9 Å². The van der Waals surface area contributed by atoms with Crippen molar-refractivity contribution < 1.29 is 14.3 Å². The zero-order chi connectivity index (χ0) is 10.6. The van der Waals surface area contributed by atoms with Gasteiger partial charge in [-0.3, -0.25) is 4.79 Å². The Morgan fingerprint density at radius 3 is 2.73 bits per heavy atom. The predicted molar refractivity (Wildman–Crippen MR) is 52.9 cm³/mol. The number of ether oxygens (including phenoxy) is 1. The number of esters is 1. The van der Waals surface area contributed by atoms with Gasteiger partial charge in [0.2, 0.25) is 0 Å². The van der Waals surface area contributed by atoms with Crippen LogP contribution in [0.25, 0.3) is 0 Å². The molecule has 0 aliphatic heterocycles. The first-order valence-electron chi connectivity index (χ1n) is 5.83. The van der Waals surface area contributed by atoms with E-state index in [0.29, 0.717) is 23.7 Å². The molecule has 0 bridgehead atoms. The molecule has 0 saturated heterocycles. The Hall–Kier alpha value is -0.860. The third-order valence-electron chi connectivity index (χ3n) is 4.56. The van der Waals surface area contributed by atoms with E-state index in [9.17, 15) is 9.59 Å². The van der Waals surface area contributed by atoms with Crippen LogP contribution in [0.5, 0.6) is 0 Å². The van der Waals surface area contributed by atoms with Gasteiger partial charge >= 0.3 is 5.97 Å². The van der Waals surface area contributed by atoms with E-state index in [0.717, 1.165) is 25.0 Å². The van der Waals surface area contributed by atoms with E-state index in [1.54, 1.807) is 0 Å². The number of hydrogen-bond acceptors (Lipinski definition) is 3. The fourth-order valence-electron chi connectivity index (χ4n) is 4.06. The maximum Gasteiger partial charge on any atom is 0.302 e. The first kappa shape index (κ1) is 9.37. The Labute approximate surface area is 89.2 Å². The lowest BCUT2D eigenvalue weighted by Gasteiger charge is -2.11. The van der Waals surface area contributed by atoms with Crippen molar-refractivity contribution in [3.8, 4) is 0 Å². The Morgan fingerprint density at radius 2 is 2.07 bits per heavy atom. The third kappa shape index (κ3) is 1.32. The summed E-state index contributed by atoms with van der Waals surface area (Å²) >= 11 is 0. The topological polar surface area (TPSA) is 43.4 Å². The van der Waals surface area contributed by atoms with Gasteiger partial charge < -0.3 is 9.53 Å². The highest BCUT2D eigenvalue weighted by Gasteiger charge is 2.63. The lowest BCUT2D eigenvalue weighted by atomic mass is 9.92. The molecule has 0 aromatic carbocycles. The predicted octanol–water partition coefficient (Wildman–Crippen LogP) is 1.41. The van der Waals surface area contributed by atoms with E-state index in [1.807, 2.05) is 0 Å². The molecule has 3 heteroatoms. The summed E-state index contributed by atoms with van der Waals surface area (Å²) in [7, 11) is 0. The monoisotopic (exact) mass is 208 g/mol. The lowest BCUT2D eigenvalue weighted by Crippen LogP contribution is -2.13. The van der Waals surface area contributed by atoms with Gasteiger partial charge in [0, 0.05) is 12.8 Å². The van der Waals surface area contributed by atoms with Crippen molar-refractivity contribution in [1.29, 1.82) is 0 Å². The normalized spacial score (nSPS) is 50.7. The second-order valence-corrected chi connectivity index (χ2v) is 5.32. The zero-order valence-electron chi connectivity index (χ0n) is 8.89. The van der Waals surface area contributed by atoms with E-state index in [2.05, 4.69) is 0 Å². The second kappa shape index (κ2) is 3.06. The number of aldehydes is 1. The van der Waals surface area contributed by atoms with Crippen molar-refractivity contribution in [2.45, 2.75) is 32.3 Å². The summed E-state index contributed by atoms with van der Waals surface area (Å²) in [5.74, 6) is 2.86. The minimum Gasteiger partial charge on any atom is -0.463 e. The number of fused-ring (bicyclic) bond motifs is 3. The lowest BCUT2D eigenvalue weighted by molar-refractivity contribution is -0.146. The largest absolute Gasteiger partial charge is 0.463 e. The highest BCUT2D eigenvalue weighted by Crippen LogP contribution is 2.66. The molecule has 3 saturated carbocycles. The molecule has 0 heterocycles. The highest BCUT2D eigenvalue weighted by molar-refractivity contribution is 5.66. The molecule has 0 aromatic rings. The van der Waals surface area contributed by atoms with Crippen LogP contribution < -0.4 is 0 Å². The number of carbonyl (C=O) groups is 2. The summed E-state index contributed by atoms with van der Waals surface area (Å²) < 4.78 is 5.26. The van der Waals surface area contributed by atoms with Gasteiger partial charge in [0.15, 0.2) is 0 Å². The molecule has 6 unspecified atom stereocenters. The highest BCUT2D eigenvalue weighted by atomic mass is 16.5. The minimum absolute atomic E-state index is 0.131. The second-order valence-electron chi connectivity index (χ2n) is 5.32. The van der Waals surface area contributed by atoms with E-state index < -0.39 is 0 Å². The average Bonchev–Trinajstić information content (AvgIpc) is 2.48. The fraction of sp³-hybridized carbons (Fsp3) is 0.833. The molecule has 3 fully saturated rings. The van der Waals surface area contributed by atoms with Crippen molar-refractivity contribution in [2.75, 3.05) is 0 Å². The molecule has 15 heavy (non-hydrogen) atoms. The molecule has 0 radical (unpaired) electrons. The van der Waals surface area contributed by atoms with Crippen molar-refractivity contribution >= 4 is 12.3 Å². The molecule has 0 spiro atoms. The summed E-state index contributed by atoms with van der Waals surface area (Å²) in [6.45, 7) is 1.47. The van der Waals surface area contributed by atoms with Gasteiger partial charge in [-0.25, -0.2) is 0 Å². The number of hydrogen-bond donors (Lipinski definition) is 0. The molecule has 0 N–H and O–H groups in total. The van der Waals surface area contributed by atoms with E-state index in [1.165, 1.54) is 13.3 Å². The summed E-state index contributed by atoms with van der Waals surface area (Å²) in [5.41, 5.74) is 0. The molecular formula is C12H16O3. The maximum atomic E-state index is 10.9. The molecule has 6 atom stereocenters. The van der Waals surface area contributed by atoms with Crippen LogP contribution >= 0.6 is 0 Å². The maximum absolute atomic E-state index is 10.9. The molecule has 3 rings (SSSR count). The summed E-state index contributed by atoms with van der Waals surface area (Å²) in [4.78, 5) is 21.6. The fourth-order valence-corrected chi connectivity index (χ4v) is 4.06. The van der Waals surface area contributed by atoms with Gasteiger partial charge in [-0.15, -0.1) is 0 Å². The smallest absolute Gasteiger partial charge is 0.302 e. The standard InChI is InChI=1S/C12H16O3/c1-6(14)15-8-2-7-3-10-11(5-13)12(10)9(7)4-8/h5,7-12H,2-4H2,1H3. The van der Waals surface area contributed by atoms with Crippen LogP contribution in [0, 0.1) is 29.6 Å². The van der Waals surface area contributed by atoms with Gasteiger partial charge in [0.05, 0.1) is 0 Å². The average molecular weight is 208 g/mol. The summed E-state index contributed by atoms with van der Waals surface area (Å²) in [5, 5.41) is 0. The molecular weight excluding hydrogens is 192 g/mol. The third-order valence-corrected chi connectivity index (χ3v) is 4.56. The summed E-state index contributed by atoms with van der Waals surface area (Å²) in [6.07, 6.45) is 4.48. The van der Waals surface area contributed by atoms with Crippen molar-refractivity contribution in [2.24, 2.45) is 29.6 Å². The molecule has 0 amide bonds. The van der Waals surface area contributed by atoms with E-state index >= 15 is 0 Å². The number of carbonyl (C=O) groups excluding carboxylic acids is 2. The van der Waals surface area contributed by atoms with Crippen LogP contribution in [0.15, 0.2) is 0 Å². The first-order chi connectivity index (χ1) is 7.20. The van der Waals surface area contributed by atoms with Crippen LogP contribution in [0.2, 0.25) is 0 Å². The zero-order valence-corrected chi connectivity index (χ0v) is 8.89. The van der Waals surface area contributed by atoms with Crippen molar-refractivity contribution in [3.63, 3.8) is 0 Å². The van der Waals surface area contributed by atoms with Gasteiger partial charge in [-0.1, -0.05) is 0 Å². The van der Waals surface area contributed by atoms with Crippen LogP contribution in [0.1, 0.15) is 26.2 Å². The molecule has 82 valence electrons. The molecule has 3 aliphatic rings.